The molecule has 0 N–H and O–H groups in total. The van der Waals surface area contributed by atoms with Gasteiger partial charge in [-0.15, -0.1) is 0 Å². The van der Waals surface area contributed by atoms with E-state index in [0.717, 1.165) is 22.0 Å². The molecule has 0 saturated carbocycles. The van der Waals surface area contributed by atoms with E-state index in [1.807, 2.05) is 67.7 Å². The fourth-order valence-corrected chi connectivity index (χ4v) is 2.21. The number of nitrogens with zero attached hydrogens (tertiary/aromatic N) is 1. The van der Waals surface area contributed by atoms with Crippen molar-refractivity contribution < 1.29 is 0 Å². The molecule has 2 aromatic carbocycles. The second-order valence-corrected chi connectivity index (χ2v) is 4.36. The number of benzene rings is 2. The lowest BCUT2D eigenvalue weighted by molar-refractivity contribution is 0.995. The molecule has 0 unspecified atom stereocenters. The molecule has 18 heavy (non-hydrogen) atoms. The molecule has 0 spiro atoms. The van der Waals surface area contributed by atoms with Crippen LogP contribution in [0.1, 0.15) is 5.56 Å². The summed E-state index contributed by atoms with van der Waals surface area (Å²) in [5, 5.41) is 1.73. The van der Waals surface area contributed by atoms with Crippen molar-refractivity contribution in [1.29, 1.82) is 0 Å². The fourth-order valence-electron chi connectivity index (χ4n) is 2.21. The highest BCUT2D eigenvalue weighted by atomic mass is 16.1. The second-order valence-electron chi connectivity index (χ2n) is 4.36. The van der Waals surface area contributed by atoms with Gasteiger partial charge in [-0.1, -0.05) is 36.4 Å². The summed E-state index contributed by atoms with van der Waals surface area (Å²) in [4.78, 5) is 12.4. The largest absolute Gasteiger partial charge is 0.284 e. The van der Waals surface area contributed by atoms with Crippen LogP contribution in [0.25, 0.3) is 16.5 Å². The standard InChI is InChI=1S/C16H13NO/c1-12-6-2-5-9-15(12)17-11-10-13-7-3-4-8-14(13)16(17)18/h2-11H,1H3. The molecular formula is C16H13NO. The number of aryl methyl sites for hydroxylation is 1. The molecule has 0 aliphatic carbocycles. The minimum Gasteiger partial charge on any atom is -0.284 e. The van der Waals surface area contributed by atoms with E-state index in [2.05, 4.69) is 0 Å². The average molecular weight is 235 g/mol. The Morgan fingerprint density at radius 3 is 2.44 bits per heavy atom. The van der Waals surface area contributed by atoms with Gasteiger partial charge >= 0.3 is 0 Å². The minimum atomic E-state index is 0.0300. The zero-order chi connectivity index (χ0) is 12.5. The number of pyridine rings is 1. The topological polar surface area (TPSA) is 22.0 Å². The summed E-state index contributed by atoms with van der Waals surface area (Å²) in [6.45, 7) is 2.01. The van der Waals surface area contributed by atoms with Gasteiger partial charge in [0.15, 0.2) is 0 Å². The van der Waals surface area contributed by atoms with Crippen LogP contribution in [0.15, 0.2) is 65.6 Å². The van der Waals surface area contributed by atoms with Crippen molar-refractivity contribution in [2.45, 2.75) is 6.92 Å². The smallest absolute Gasteiger partial charge is 0.262 e. The number of rotatable bonds is 1. The van der Waals surface area contributed by atoms with E-state index < -0.39 is 0 Å². The maximum atomic E-state index is 12.4. The molecule has 3 aromatic rings. The van der Waals surface area contributed by atoms with Gasteiger partial charge in [0.1, 0.15) is 0 Å². The van der Waals surface area contributed by atoms with Gasteiger partial charge in [0.05, 0.1) is 5.69 Å². The van der Waals surface area contributed by atoms with E-state index >= 15 is 0 Å². The number of para-hydroxylation sites is 1. The van der Waals surface area contributed by atoms with Crippen LogP contribution in [0.2, 0.25) is 0 Å². The maximum absolute atomic E-state index is 12.4. The van der Waals surface area contributed by atoms with Gasteiger partial charge in [-0.3, -0.25) is 9.36 Å². The van der Waals surface area contributed by atoms with E-state index in [0.29, 0.717) is 0 Å². The molecule has 2 nitrogen and oxygen atoms in total. The molecule has 1 heterocycles. The molecule has 0 aliphatic heterocycles. The number of fused-ring (bicyclic) bond motifs is 1. The predicted octanol–water partition coefficient (Wildman–Crippen LogP) is 3.30. The van der Waals surface area contributed by atoms with Crippen LogP contribution in [0.4, 0.5) is 0 Å². The van der Waals surface area contributed by atoms with Gasteiger partial charge in [0.2, 0.25) is 0 Å². The lowest BCUT2D eigenvalue weighted by Gasteiger charge is -2.09. The molecule has 0 amide bonds. The molecule has 3 rings (SSSR count). The molecule has 0 bridgehead atoms. The van der Waals surface area contributed by atoms with Gasteiger partial charge in [-0.05, 0) is 36.1 Å². The van der Waals surface area contributed by atoms with Crippen molar-refractivity contribution in [2.24, 2.45) is 0 Å². The summed E-state index contributed by atoms with van der Waals surface area (Å²) in [7, 11) is 0. The third-order valence-corrected chi connectivity index (χ3v) is 3.19. The molecular weight excluding hydrogens is 222 g/mol. The third kappa shape index (κ3) is 1.63. The molecule has 0 saturated heterocycles. The summed E-state index contributed by atoms with van der Waals surface area (Å²) >= 11 is 0. The first-order chi connectivity index (χ1) is 8.77. The summed E-state index contributed by atoms with van der Waals surface area (Å²) in [5.74, 6) is 0. The van der Waals surface area contributed by atoms with Crippen molar-refractivity contribution in [3.8, 4) is 5.69 Å². The number of hydrogen-bond donors (Lipinski definition) is 0. The monoisotopic (exact) mass is 235 g/mol. The molecule has 0 fully saturated rings. The minimum absolute atomic E-state index is 0.0300. The van der Waals surface area contributed by atoms with E-state index in [1.54, 1.807) is 4.57 Å². The van der Waals surface area contributed by atoms with Crippen molar-refractivity contribution in [3.05, 3.63) is 76.7 Å². The zero-order valence-electron chi connectivity index (χ0n) is 10.1. The van der Waals surface area contributed by atoms with Crippen molar-refractivity contribution in [1.82, 2.24) is 4.57 Å². The van der Waals surface area contributed by atoms with E-state index in [1.165, 1.54) is 0 Å². The van der Waals surface area contributed by atoms with Crippen molar-refractivity contribution in [3.63, 3.8) is 0 Å². The van der Waals surface area contributed by atoms with Gasteiger partial charge in [0, 0.05) is 11.6 Å². The summed E-state index contributed by atoms with van der Waals surface area (Å²) < 4.78 is 1.71. The summed E-state index contributed by atoms with van der Waals surface area (Å²) in [5.41, 5.74) is 2.06. The van der Waals surface area contributed by atoms with Crippen LogP contribution in [-0.4, -0.2) is 4.57 Å². The van der Waals surface area contributed by atoms with Crippen LogP contribution in [0.5, 0.6) is 0 Å². The molecule has 0 aliphatic rings. The lowest BCUT2D eigenvalue weighted by atomic mass is 10.1. The first-order valence-corrected chi connectivity index (χ1v) is 5.94. The van der Waals surface area contributed by atoms with Crippen LogP contribution in [0.3, 0.4) is 0 Å². The quantitative estimate of drug-likeness (QED) is 0.634. The highest BCUT2D eigenvalue weighted by Crippen LogP contribution is 2.14. The zero-order valence-corrected chi connectivity index (χ0v) is 10.1. The Balaban J connectivity index is 2.35. The average Bonchev–Trinajstić information content (AvgIpc) is 2.41. The first kappa shape index (κ1) is 10.8. The Kier molecular flexibility index (Phi) is 2.49. The van der Waals surface area contributed by atoms with E-state index in [9.17, 15) is 4.79 Å². The van der Waals surface area contributed by atoms with Gasteiger partial charge in [-0.25, -0.2) is 0 Å². The SMILES string of the molecule is Cc1ccccc1-n1ccc2ccccc2c1=O. The van der Waals surface area contributed by atoms with Crippen molar-refractivity contribution >= 4 is 10.8 Å². The molecule has 2 heteroatoms. The first-order valence-electron chi connectivity index (χ1n) is 5.94. The number of aromatic nitrogens is 1. The molecule has 0 radical (unpaired) electrons. The summed E-state index contributed by atoms with van der Waals surface area (Å²) in [6.07, 6.45) is 1.84. The Morgan fingerprint density at radius 1 is 0.889 bits per heavy atom. The van der Waals surface area contributed by atoms with Crippen LogP contribution in [-0.2, 0) is 0 Å². The predicted molar refractivity (Wildman–Crippen MR) is 74.3 cm³/mol. The van der Waals surface area contributed by atoms with Gasteiger partial charge < -0.3 is 0 Å². The van der Waals surface area contributed by atoms with Crippen LogP contribution < -0.4 is 5.56 Å². The maximum Gasteiger partial charge on any atom is 0.262 e. The Labute approximate surface area is 105 Å². The third-order valence-electron chi connectivity index (χ3n) is 3.19. The normalized spacial score (nSPS) is 10.7. The molecule has 1 aromatic heterocycles. The second kappa shape index (κ2) is 4.15. The van der Waals surface area contributed by atoms with Gasteiger partial charge in [0.25, 0.3) is 5.56 Å². The van der Waals surface area contributed by atoms with Crippen LogP contribution >= 0.6 is 0 Å². The molecule has 88 valence electrons. The van der Waals surface area contributed by atoms with Crippen LogP contribution in [0, 0.1) is 6.92 Å². The van der Waals surface area contributed by atoms with E-state index in [4.69, 9.17) is 0 Å². The Hall–Kier alpha value is -2.35. The highest BCUT2D eigenvalue weighted by Gasteiger charge is 2.05. The van der Waals surface area contributed by atoms with Gasteiger partial charge in [-0.2, -0.15) is 0 Å². The fraction of sp³-hybridized carbons (Fsp3) is 0.0625. The summed E-state index contributed by atoms with van der Waals surface area (Å²) in [6, 6.07) is 17.5. The highest BCUT2D eigenvalue weighted by molar-refractivity contribution is 5.81. The molecule has 0 atom stereocenters. The Bertz CT molecular complexity index is 771. The lowest BCUT2D eigenvalue weighted by Crippen LogP contribution is -2.18. The number of hydrogen-bond acceptors (Lipinski definition) is 1. The Morgan fingerprint density at radius 2 is 1.61 bits per heavy atom. The van der Waals surface area contributed by atoms with Crippen molar-refractivity contribution in [2.75, 3.05) is 0 Å². The van der Waals surface area contributed by atoms with E-state index in [-0.39, 0.29) is 5.56 Å².